The number of anilines is 1. The third-order valence-corrected chi connectivity index (χ3v) is 7.84. The van der Waals surface area contributed by atoms with Gasteiger partial charge in [-0.05, 0) is 62.4 Å². The molecule has 0 aromatic heterocycles. The Kier molecular flexibility index (Phi) is 7.31. The average molecular weight is 529 g/mol. The summed E-state index contributed by atoms with van der Waals surface area (Å²) >= 11 is 0. The van der Waals surface area contributed by atoms with Crippen molar-refractivity contribution in [2.75, 3.05) is 25.1 Å². The van der Waals surface area contributed by atoms with Crippen LogP contribution in [0.2, 0.25) is 0 Å². The van der Waals surface area contributed by atoms with E-state index in [2.05, 4.69) is 5.32 Å². The highest BCUT2D eigenvalue weighted by atomic mass is 32.2. The number of carbonyl (C=O) groups excluding carboxylic acids is 1. The van der Waals surface area contributed by atoms with E-state index in [9.17, 15) is 17.6 Å². The van der Waals surface area contributed by atoms with Crippen LogP contribution >= 0.6 is 0 Å². The summed E-state index contributed by atoms with van der Waals surface area (Å²) in [4.78, 5) is 13.2. The summed E-state index contributed by atoms with van der Waals surface area (Å²) in [5.41, 5.74) is -0.0904. The summed E-state index contributed by atoms with van der Waals surface area (Å²) < 4.78 is 59.2. The highest BCUT2D eigenvalue weighted by molar-refractivity contribution is 7.92. The quantitative estimate of drug-likeness (QED) is 0.464. The van der Waals surface area contributed by atoms with E-state index in [0.29, 0.717) is 23.7 Å². The van der Waals surface area contributed by atoms with E-state index in [1.807, 2.05) is 13.8 Å². The van der Waals surface area contributed by atoms with Crippen LogP contribution in [-0.4, -0.2) is 40.7 Å². The minimum Gasteiger partial charge on any atom is -0.497 e. The Balaban J connectivity index is 1.65. The minimum atomic E-state index is -4.29. The maximum atomic E-state index is 14.8. The third-order valence-electron chi connectivity index (χ3n) is 6.07. The Morgan fingerprint density at radius 1 is 1.05 bits per heavy atom. The van der Waals surface area contributed by atoms with E-state index in [1.165, 1.54) is 49.6 Å². The maximum Gasteiger partial charge on any atom is 0.264 e. The SMILES string of the molecule is COc1ccc(S(=O)(=O)N(CC(=O)NC2CC(C)(C)Oc3cc(OC)ccc32)c2ccccc2F)cc1. The Hall–Kier alpha value is -3.79. The van der Waals surface area contributed by atoms with Gasteiger partial charge in [0, 0.05) is 18.1 Å². The molecule has 1 unspecified atom stereocenters. The predicted molar refractivity (Wildman–Crippen MR) is 137 cm³/mol. The van der Waals surface area contributed by atoms with Crippen LogP contribution in [0.4, 0.5) is 10.1 Å². The predicted octanol–water partition coefficient (Wildman–Crippen LogP) is 4.46. The monoisotopic (exact) mass is 528 g/mol. The summed E-state index contributed by atoms with van der Waals surface area (Å²) in [7, 11) is -1.28. The first-order valence-corrected chi connectivity index (χ1v) is 13.1. The number of amides is 1. The Bertz CT molecular complexity index is 1390. The Morgan fingerprint density at radius 2 is 1.70 bits per heavy atom. The molecule has 1 aliphatic heterocycles. The number of nitrogens with zero attached hydrogens (tertiary/aromatic N) is 1. The van der Waals surface area contributed by atoms with E-state index in [4.69, 9.17) is 14.2 Å². The van der Waals surface area contributed by atoms with Crippen LogP contribution in [0.3, 0.4) is 0 Å². The van der Waals surface area contributed by atoms with Crippen LogP contribution in [0, 0.1) is 5.82 Å². The molecule has 196 valence electrons. The van der Waals surface area contributed by atoms with E-state index >= 15 is 0 Å². The van der Waals surface area contributed by atoms with Gasteiger partial charge >= 0.3 is 0 Å². The summed E-state index contributed by atoms with van der Waals surface area (Å²) in [6, 6.07) is 16.0. The van der Waals surface area contributed by atoms with Gasteiger partial charge in [0.25, 0.3) is 10.0 Å². The standard InChI is InChI=1S/C27H29FN2O6S/c1-27(2)16-23(21-14-11-19(35-4)15-25(21)36-27)29-26(31)17-30(24-8-6-5-7-22(24)28)37(32,33)20-12-9-18(34-3)10-13-20/h5-15,23H,16-17H2,1-4H3,(H,29,31). The van der Waals surface area contributed by atoms with E-state index in [0.717, 1.165) is 15.9 Å². The molecule has 0 bridgehead atoms. The Morgan fingerprint density at radius 3 is 2.35 bits per heavy atom. The molecular formula is C27H29FN2O6S. The molecule has 3 aromatic carbocycles. The number of benzene rings is 3. The molecule has 1 heterocycles. The highest BCUT2D eigenvalue weighted by Crippen LogP contribution is 2.41. The molecular weight excluding hydrogens is 499 g/mol. The smallest absolute Gasteiger partial charge is 0.264 e. The molecule has 10 heteroatoms. The van der Waals surface area contributed by atoms with Gasteiger partial charge in [-0.15, -0.1) is 0 Å². The fourth-order valence-electron chi connectivity index (χ4n) is 4.29. The number of rotatable bonds is 8. The molecule has 1 atom stereocenters. The van der Waals surface area contributed by atoms with Gasteiger partial charge < -0.3 is 19.5 Å². The lowest BCUT2D eigenvalue weighted by molar-refractivity contribution is -0.120. The number of ether oxygens (including phenoxy) is 3. The molecule has 0 spiro atoms. The van der Waals surface area contributed by atoms with Gasteiger partial charge in [-0.2, -0.15) is 0 Å². The van der Waals surface area contributed by atoms with Gasteiger partial charge in [0.15, 0.2) is 0 Å². The van der Waals surface area contributed by atoms with Gasteiger partial charge in [-0.3, -0.25) is 9.10 Å². The summed E-state index contributed by atoms with van der Waals surface area (Å²) in [5, 5.41) is 2.92. The fraction of sp³-hybridized carbons (Fsp3) is 0.296. The van der Waals surface area contributed by atoms with Crippen molar-refractivity contribution in [2.24, 2.45) is 0 Å². The van der Waals surface area contributed by atoms with Crippen LogP contribution < -0.4 is 23.8 Å². The first kappa shape index (κ1) is 26.3. The molecule has 0 aliphatic carbocycles. The van der Waals surface area contributed by atoms with Crippen LogP contribution in [0.15, 0.2) is 71.6 Å². The highest BCUT2D eigenvalue weighted by Gasteiger charge is 2.36. The second-order valence-corrected chi connectivity index (χ2v) is 11.1. The van der Waals surface area contributed by atoms with Crippen LogP contribution in [0.5, 0.6) is 17.2 Å². The zero-order valence-electron chi connectivity index (χ0n) is 21.0. The fourth-order valence-corrected chi connectivity index (χ4v) is 5.72. The van der Waals surface area contributed by atoms with Gasteiger partial charge in [0.1, 0.15) is 35.2 Å². The molecule has 0 saturated carbocycles. The van der Waals surface area contributed by atoms with Crippen molar-refractivity contribution >= 4 is 21.6 Å². The first-order valence-electron chi connectivity index (χ1n) is 11.6. The lowest BCUT2D eigenvalue weighted by atomic mass is 9.89. The number of hydrogen-bond acceptors (Lipinski definition) is 6. The number of hydrogen-bond donors (Lipinski definition) is 1. The Labute approximate surface area is 216 Å². The second-order valence-electron chi connectivity index (χ2n) is 9.23. The van der Waals surface area contributed by atoms with Crippen LogP contribution in [0.25, 0.3) is 0 Å². The van der Waals surface area contributed by atoms with Gasteiger partial charge in [-0.25, -0.2) is 12.8 Å². The third kappa shape index (κ3) is 5.64. The first-order chi connectivity index (χ1) is 17.5. The molecule has 37 heavy (non-hydrogen) atoms. The second kappa shape index (κ2) is 10.3. The average Bonchev–Trinajstić information content (AvgIpc) is 2.86. The number of halogens is 1. The van der Waals surface area contributed by atoms with Crippen molar-refractivity contribution in [2.45, 2.75) is 36.8 Å². The van der Waals surface area contributed by atoms with Crippen LogP contribution in [-0.2, 0) is 14.8 Å². The lowest BCUT2D eigenvalue weighted by Gasteiger charge is -2.38. The van der Waals surface area contributed by atoms with Crippen molar-refractivity contribution in [3.05, 3.63) is 78.1 Å². The maximum absolute atomic E-state index is 14.8. The number of para-hydroxylation sites is 1. The largest absolute Gasteiger partial charge is 0.497 e. The molecule has 1 N–H and O–H groups in total. The van der Waals surface area contributed by atoms with Gasteiger partial charge in [0.05, 0.1) is 30.8 Å². The molecule has 0 saturated heterocycles. The van der Waals surface area contributed by atoms with Crippen molar-refractivity contribution in [3.63, 3.8) is 0 Å². The number of sulfonamides is 1. The number of methoxy groups -OCH3 is 2. The molecule has 0 radical (unpaired) electrons. The molecule has 8 nitrogen and oxygen atoms in total. The molecule has 4 rings (SSSR count). The zero-order chi connectivity index (χ0) is 26.8. The minimum absolute atomic E-state index is 0.103. The van der Waals surface area contributed by atoms with Crippen molar-refractivity contribution in [1.29, 1.82) is 0 Å². The number of nitrogens with one attached hydrogen (secondary N) is 1. The summed E-state index contributed by atoms with van der Waals surface area (Å²) in [6.45, 7) is 3.17. The van der Waals surface area contributed by atoms with Crippen molar-refractivity contribution < 1.29 is 31.8 Å². The summed E-state index contributed by atoms with van der Waals surface area (Å²) in [6.07, 6.45) is 0.447. The van der Waals surface area contributed by atoms with Crippen molar-refractivity contribution in [1.82, 2.24) is 5.32 Å². The van der Waals surface area contributed by atoms with Crippen LogP contribution in [0.1, 0.15) is 31.9 Å². The molecule has 3 aromatic rings. The van der Waals surface area contributed by atoms with Crippen molar-refractivity contribution in [3.8, 4) is 17.2 Å². The molecule has 0 fully saturated rings. The summed E-state index contributed by atoms with van der Waals surface area (Å²) in [5.74, 6) is 0.281. The molecule has 1 amide bonds. The van der Waals surface area contributed by atoms with Gasteiger partial charge in [-0.1, -0.05) is 12.1 Å². The lowest BCUT2D eigenvalue weighted by Crippen LogP contribution is -2.45. The topological polar surface area (TPSA) is 94.2 Å². The van der Waals surface area contributed by atoms with E-state index in [-0.39, 0.29) is 10.6 Å². The van der Waals surface area contributed by atoms with Gasteiger partial charge in [0.2, 0.25) is 5.91 Å². The molecule has 1 aliphatic rings. The number of carbonyl (C=O) groups is 1. The number of fused-ring (bicyclic) bond motifs is 1. The normalized spacial score (nSPS) is 16.2. The van der Waals surface area contributed by atoms with E-state index in [1.54, 1.807) is 25.3 Å². The van der Waals surface area contributed by atoms with E-state index < -0.39 is 39.9 Å². The zero-order valence-corrected chi connectivity index (χ0v) is 21.8.